The number of ketones is 1. The van der Waals surface area contributed by atoms with Crippen LogP contribution in [0.3, 0.4) is 0 Å². The summed E-state index contributed by atoms with van der Waals surface area (Å²) < 4.78 is 23.2. The second-order valence-corrected chi connectivity index (χ2v) is 5.72. The zero-order chi connectivity index (χ0) is 19.4. The number of para-hydroxylation sites is 2. The topological polar surface area (TPSA) is 58.9 Å². The summed E-state index contributed by atoms with van der Waals surface area (Å²) in [5, 5.41) is 0. The lowest BCUT2D eigenvalue weighted by Gasteiger charge is -2.13. The van der Waals surface area contributed by atoms with Crippen molar-refractivity contribution in [3.05, 3.63) is 66.0 Å². The highest BCUT2D eigenvalue weighted by atomic mass is 16.5. The van der Waals surface area contributed by atoms with Crippen molar-refractivity contribution in [3.8, 4) is 28.7 Å². The molecule has 0 bridgehead atoms. The van der Waals surface area contributed by atoms with Crippen molar-refractivity contribution < 1.29 is 23.7 Å². The Balaban J connectivity index is 1.99. The van der Waals surface area contributed by atoms with E-state index >= 15 is 0 Å². The fourth-order valence-electron chi connectivity index (χ4n) is 2.90. The summed E-state index contributed by atoms with van der Waals surface area (Å²) in [6.45, 7) is 0. The molecule has 1 aromatic heterocycles. The molecule has 6 nitrogen and oxygen atoms in total. The van der Waals surface area contributed by atoms with Crippen LogP contribution >= 0.6 is 0 Å². The first-order valence-electron chi connectivity index (χ1n) is 8.29. The van der Waals surface area contributed by atoms with Crippen molar-refractivity contribution in [1.29, 1.82) is 0 Å². The van der Waals surface area contributed by atoms with Gasteiger partial charge in [-0.25, -0.2) is 0 Å². The van der Waals surface area contributed by atoms with Gasteiger partial charge in [0.1, 0.15) is 5.75 Å². The lowest BCUT2D eigenvalue weighted by Crippen LogP contribution is -2.03. The van der Waals surface area contributed by atoms with Crippen LogP contribution in [0.25, 0.3) is 5.69 Å². The van der Waals surface area contributed by atoms with Gasteiger partial charge < -0.3 is 23.5 Å². The third-order valence-electron chi connectivity index (χ3n) is 4.25. The van der Waals surface area contributed by atoms with Gasteiger partial charge in [-0.3, -0.25) is 4.79 Å². The van der Waals surface area contributed by atoms with Crippen LogP contribution in [0, 0.1) is 0 Å². The standard InChI is InChI=1S/C21H21NO5/c1-24-17-8-6-5-7-16(17)22-10-9-14(13-22)20(23)15-11-18(25-2)21(27-4)19(12-15)26-3/h5-13H,1-4H3. The Morgan fingerprint density at radius 2 is 1.41 bits per heavy atom. The van der Waals surface area contributed by atoms with Gasteiger partial charge in [-0.05, 0) is 30.3 Å². The zero-order valence-corrected chi connectivity index (χ0v) is 15.7. The molecule has 27 heavy (non-hydrogen) atoms. The number of nitrogens with zero attached hydrogens (tertiary/aromatic N) is 1. The maximum absolute atomic E-state index is 13.0. The highest BCUT2D eigenvalue weighted by Crippen LogP contribution is 2.38. The minimum atomic E-state index is -0.150. The Bertz CT molecular complexity index is 936. The molecule has 0 spiro atoms. The number of rotatable bonds is 7. The van der Waals surface area contributed by atoms with Crippen LogP contribution in [-0.2, 0) is 0 Å². The number of methoxy groups -OCH3 is 4. The maximum atomic E-state index is 13.0. The third kappa shape index (κ3) is 3.46. The van der Waals surface area contributed by atoms with E-state index in [-0.39, 0.29) is 5.78 Å². The molecular weight excluding hydrogens is 346 g/mol. The van der Waals surface area contributed by atoms with Crippen molar-refractivity contribution in [1.82, 2.24) is 4.57 Å². The number of ether oxygens (including phenoxy) is 4. The van der Waals surface area contributed by atoms with E-state index < -0.39 is 0 Å². The molecule has 0 unspecified atom stereocenters. The minimum Gasteiger partial charge on any atom is -0.495 e. The van der Waals surface area contributed by atoms with Gasteiger partial charge in [0, 0.05) is 23.5 Å². The van der Waals surface area contributed by atoms with Gasteiger partial charge in [0.15, 0.2) is 17.3 Å². The average Bonchev–Trinajstić information content (AvgIpc) is 3.21. The molecule has 0 aliphatic rings. The van der Waals surface area contributed by atoms with Gasteiger partial charge in [0.05, 0.1) is 34.1 Å². The van der Waals surface area contributed by atoms with Crippen LogP contribution < -0.4 is 18.9 Å². The van der Waals surface area contributed by atoms with E-state index in [2.05, 4.69) is 0 Å². The number of carbonyl (C=O) groups excluding carboxylic acids is 1. The molecule has 1 heterocycles. The summed E-state index contributed by atoms with van der Waals surface area (Å²) in [6.07, 6.45) is 3.59. The van der Waals surface area contributed by atoms with E-state index in [1.807, 2.05) is 35.0 Å². The summed E-state index contributed by atoms with van der Waals surface area (Å²) in [5.41, 5.74) is 1.83. The van der Waals surface area contributed by atoms with Crippen molar-refractivity contribution in [2.45, 2.75) is 0 Å². The third-order valence-corrected chi connectivity index (χ3v) is 4.25. The molecular formula is C21H21NO5. The van der Waals surface area contributed by atoms with E-state index in [1.165, 1.54) is 21.3 Å². The molecule has 0 N–H and O–H groups in total. The Labute approximate surface area is 157 Å². The molecule has 3 aromatic rings. The SMILES string of the molecule is COc1ccccc1-n1ccc(C(=O)c2cc(OC)c(OC)c(OC)c2)c1. The molecule has 0 atom stereocenters. The number of hydrogen-bond donors (Lipinski definition) is 0. The molecule has 0 amide bonds. The van der Waals surface area contributed by atoms with Gasteiger partial charge in [0.2, 0.25) is 5.75 Å². The van der Waals surface area contributed by atoms with Gasteiger partial charge >= 0.3 is 0 Å². The molecule has 6 heteroatoms. The normalized spacial score (nSPS) is 10.4. The van der Waals surface area contributed by atoms with E-state index in [9.17, 15) is 4.79 Å². The van der Waals surface area contributed by atoms with Gasteiger partial charge in [-0.1, -0.05) is 12.1 Å². The molecule has 0 fully saturated rings. The fourth-order valence-corrected chi connectivity index (χ4v) is 2.90. The maximum Gasteiger partial charge on any atom is 0.203 e. The largest absolute Gasteiger partial charge is 0.495 e. The fraction of sp³-hybridized carbons (Fsp3) is 0.190. The van der Waals surface area contributed by atoms with Crippen LogP contribution in [-0.4, -0.2) is 38.8 Å². The first kappa shape index (κ1) is 18.4. The number of carbonyl (C=O) groups is 1. The van der Waals surface area contributed by atoms with E-state index in [0.29, 0.717) is 28.4 Å². The zero-order valence-electron chi connectivity index (χ0n) is 15.7. The van der Waals surface area contributed by atoms with E-state index in [1.54, 1.807) is 31.5 Å². The summed E-state index contributed by atoms with van der Waals surface area (Å²) >= 11 is 0. The Morgan fingerprint density at radius 1 is 0.778 bits per heavy atom. The molecule has 0 saturated heterocycles. The number of benzene rings is 2. The number of hydrogen-bond acceptors (Lipinski definition) is 5. The predicted octanol–water partition coefficient (Wildman–Crippen LogP) is 3.74. The lowest BCUT2D eigenvalue weighted by atomic mass is 10.0. The average molecular weight is 367 g/mol. The highest BCUT2D eigenvalue weighted by molar-refractivity contribution is 6.09. The second-order valence-electron chi connectivity index (χ2n) is 5.72. The summed E-state index contributed by atoms with van der Waals surface area (Å²) in [7, 11) is 6.17. The Kier molecular flexibility index (Phi) is 5.35. The predicted molar refractivity (Wildman–Crippen MR) is 102 cm³/mol. The van der Waals surface area contributed by atoms with Crippen molar-refractivity contribution in [3.63, 3.8) is 0 Å². The second kappa shape index (κ2) is 7.86. The summed E-state index contributed by atoms with van der Waals surface area (Å²) in [4.78, 5) is 13.0. The van der Waals surface area contributed by atoms with Gasteiger partial charge in [0.25, 0.3) is 0 Å². The summed E-state index contributed by atoms with van der Waals surface area (Å²) in [6, 6.07) is 12.7. The number of aromatic nitrogens is 1. The molecule has 3 rings (SSSR count). The van der Waals surface area contributed by atoms with E-state index in [0.717, 1.165) is 11.4 Å². The Morgan fingerprint density at radius 3 is 2.00 bits per heavy atom. The smallest absolute Gasteiger partial charge is 0.203 e. The Hall–Kier alpha value is -3.41. The molecule has 0 saturated carbocycles. The van der Waals surface area contributed by atoms with Crippen LogP contribution in [0.15, 0.2) is 54.9 Å². The molecule has 0 aliphatic carbocycles. The van der Waals surface area contributed by atoms with Crippen molar-refractivity contribution in [2.24, 2.45) is 0 Å². The molecule has 0 radical (unpaired) electrons. The van der Waals surface area contributed by atoms with Crippen LogP contribution in [0.2, 0.25) is 0 Å². The minimum absolute atomic E-state index is 0.150. The van der Waals surface area contributed by atoms with Crippen LogP contribution in [0.5, 0.6) is 23.0 Å². The summed E-state index contributed by atoms with van der Waals surface area (Å²) in [5.74, 6) is 1.89. The first-order chi connectivity index (χ1) is 13.1. The van der Waals surface area contributed by atoms with Gasteiger partial charge in [-0.2, -0.15) is 0 Å². The molecule has 2 aromatic carbocycles. The lowest BCUT2D eigenvalue weighted by molar-refractivity contribution is 0.103. The van der Waals surface area contributed by atoms with Crippen LogP contribution in [0.1, 0.15) is 15.9 Å². The molecule has 140 valence electrons. The first-order valence-corrected chi connectivity index (χ1v) is 8.29. The van der Waals surface area contributed by atoms with E-state index in [4.69, 9.17) is 18.9 Å². The molecule has 0 aliphatic heterocycles. The van der Waals surface area contributed by atoms with Crippen LogP contribution in [0.4, 0.5) is 0 Å². The monoisotopic (exact) mass is 367 g/mol. The van der Waals surface area contributed by atoms with Crippen molar-refractivity contribution >= 4 is 5.78 Å². The van der Waals surface area contributed by atoms with Gasteiger partial charge in [-0.15, -0.1) is 0 Å². The quantitative estimate of drug-likeness (QED) is 0.596. The highest BCUT2D eigenvalue weighted by Gasteiger charge is 2.19. The van der Waals surface area contributed by atoms with Crippen molar-refractivity contribution in [2.75, 3.05) is 28.4 Å².